The van der Waals surface area contributed by atoms with Crippen molar-refractivity contribution in [3.05, 3.63) is 65.5 Å². The smallest absolute Gasteiger partial charge is 0.331 e. The van der Waals surface area contributed by atoms with Crippen molar-refractivity contribution in [2.24, 2.45) is 0 Å². The van der Waals surface area contributed by atoms with Gasteiger partial charge in [-0.2, -0.15) is 0 Å². The van der Waals surface area contributed by atoms with Gasteiger partial charge < -0.3 is 14.0 Å². The first-order valence-electron chi connectivity index (χ1n) is 9.41. The number of ketones is 1. The number of allylic oxidation sites excluding steroid dienone is 1. The van der Waals surface area contributed by atoms with Crippen molar-refractivity contribution >= 4 is 27.9 Å². The topological polar surface area (TPSA) is 104 Å². The molecule has 0 saturated heterocycles. The molecule has 1 aromatic heterocycles. The van der Waals surface area contributed by atoms with Crippen LogP contribution in [0, 0.1) is 13.8 Å². The predicted molar refractivity (Wildman–Crippen MR) is 118 cm³/mol. The number of Topliss-reactive ketones (excluding diaryl/α,β-unsaturated/α-hetero) is 1. The van der Waals surface area contributed by atoms with E-state index in [4.69, 9.17) is 9.47 Å². The number of carbonyl (C=O) groups excluding carboxylic acids is 2. The van der Waals surface area contributed by atoms with Gasteiger partial charge in [-0.3, -0.25) is 4.79 Å². The molecule has 2 aromatic rings. The number of aromatic nitrogens is 1. The van der Waals surface area contributed by atoms with Crippen molar-refractivity contribution in [2.45, 2.75) is 25.3 Å². The summed E-state index contributed by atoms with van der Waals surface area (Å²) in [4.78, 5) is 24.4. The average Bonchev–Trinajstić information content (AvgIpc) is 3.04. The van der Waals surface area contributed by atoms with Gasteiger partial charge in [0.15, 0.2) is 6.61 Å². The summed E-state index contributed by atoms with van der Waals surface area (Å²) >= 11 is 0. The van der Waals surface area contributed by atoms with Crippen LogP contribution in [0.4, 0.5) is 0 Å². The van der Waals surface area contributed by atoms with Crippen LogP contribution in [0.25, 0.3) is 6.08 Å². The molecule has 166 valence electrons. The molecule has 0 aliphatic heterocycles. The fourth-order valence-electron chi connectivity index (χ4n) is 3.04. The van der Waals surface area contributed by atoms with Crippen LogP contribution in [-0.4, -0.2) is 45.5 Å². The monoisotopic (exact) mass is 446 g/mol. The molecule has 0 fully saturated rings. The summed E-state index contributed by atoms with van der Waals surface area (Å²) < 4.78 is 38.5. The molecule has 0 atom stereocenters. The van der Waals surface area contributed by atoms with Crippen LogP contribution in [0.1, 0.15) is 27.3 Å². The van der Waals surface area contributed by atoms with Crippen LogP contribution in [0.2, 0.25) is 0 Å². The van der Waals surface area contributed by atoms with Crippen molar-refractivity contribution < 1.29 is 27.5 Å². The van der Waals surface area contributed by atoms with Crippen LogP contribution in [-0.2, 0) is 26.1 Å². The van der Waals surface area contributed by atoms with Crippen molar-refractivity contribution in [1.29, 1.82) is 0 Å². The molecule has 0 saturated carbocycles. The van der Waals surface area contributed by atoms with Crippen LogP contribution in [0.3, 0.4) is 0 Å². The van der Waals surface area contributed by atoms with Gasteiger partial charge in [0.1, 0.15) is 10.6 Å². The minimum absolute atomic E-state index is 0.0573. The Morgan fingerprint density at radius 3 is 2.55 bits per heavy atom. The molecule has 1 N–H and O–H groups in total. The van der Waals surface area contributed by atoms with Crippen LogP contribution < -0.4 is 9.46 Å². The van der Waals surface area contributed by atoms with Crippen LogP contribution in [0.15, 0.2) is 47.9 Å². The highest BCUT2D eigenvalue weighted by molar-refractivity contribution is 7.89. The van der Waals surface area contributed by atoms with Crippen molar-refractivity contribution in [3.63, 3.8) is 0 Å². The van der Waals surface area contributed by atoms with Crippen molar-refractivity contribution in [1.82, 2.24) is 9.29 Å². The molecule has 1 heterocycles. The maximum absolute atomic E-state index is 12.4. The third-order valence-corrected chi connectivity index (χ3v) is 6.12. The molecule has 0 radical (unpaired) electrons. The first-order valence-corrected chi connectivity index (χ1v) is 10.9. The van der Waals surface area contributed by atoms with E-state index in [-0.39, 0.29) is 16.4 Å². The standard InChI is InChI=1S/C22H26N2O6S/c1-6-11-24-15(2)12-18(16(24)3)19(25)14-30-22(26)10-8-17-7-9-20(29-5)21(13-17)31(27,28)23-4/h6-10,12-13,23H,1,11,14H2,2-5H3/b10-8+. The number of ether oxygens (including phenoxy) is 2. The largest absolute Gasteiger partial charge is 0.495 e. The van der Waals surface area contributed by atoms with E-state index in [2.05, 4.69) is 11.3 Å². The molecule has 0 bridgehead atoms. The Labute approximate surface area is 182 Å². The molecule has 0 spiro atoms. The van der Waals surface area contributed by atoms with E-state index in [0.29, 0.717) is 17.7 Å². The molecule has 31 heavy (non-hydrogen) atoms. The zero-order chi connectivity index (χ0) is 23.2. The number of benzene rings is 1. The quantitative estimate of drug-likeness (QED) is 0.260. The summed E-state index contributed by atoms with van der Waals surface area (Å²) in [6.45, 7) is 7.60. The molecular weight excluding hydrogens is 420 g/mol. The van der Waals surface area contributed by atoms with Gasteiger partial charge in [-0.15, -0.1) is 6.58 Å². The third-order valence-electron chi connectivity index (χ3n) is 4.69. The van der Waals surface area contributed by atoms with Crippen LogP contribution in [0.5, 0.6) is 5.75 Å². The van der Waals surface area contributed by atoms with Gasteiger partial charge in [-0.25, -0.2) is 17.9 Å². The van der Waals surface area contributed by atoms with Crippen molar-refractivity contribution in [3.8, 4) is 5.75 Å². The van der Waals surface area contributed by atoms with E-state index >= 15 is 0 Å². The first kappa shape index (κ1) is 24.1. The van der Waals surface area contributed by atoms with Gasteiger partial charge in [-0.05, 0) is 50.7 Å². The number of nitrogens with one attached hydrogen (secondary N) is 1. The lowest BCUT2D eigenvalue weighted by Crippen LogP contribution is -2.19. The van der Waals surface area contributed by atoms with Crippen molar-refractivity contribution in [2.75, 3.05) is 20.8 Å². The van der Waals surface area contributed by atoms with Gasteiger partial charge >= 0.3 is 5.97 Å². The average molecular weight is 447 g/mol. The van der Waals surface area contributed by atoms with Gasteiger partial charge in [-0.1, -0.05) is 12.1 Å². The Kier molecular flexibility index (Phi) is 7.95. The zero-order valence-electron chi connectivity index (χ0n) is 18.0. The summed E-state index contributed by atoms with van der Waals surface area (Å²) in [6, 6.07) is 6.20. The molecule has 0 aliphatic carbocycles. The number of esters is 1. The Morgan fingerprint density at radius 1 is 1.23 bits per heavy atom. The summed E-state index contributed by atoms with van der Waals surface area (Å²) in [5.41, 5.74) is 2.64. The Hall–Kier alpha value is -3.17. The zero-order valence-corrected chi connectivity index (χ0v) is 18.8. The highest BCUT2D eigenvalue weighted by Crippen LogP contribution is 2.25. The number of methoxy groups -OCH3 is 1. The number of aryl methyl sites for hydroxylation is 1. The Morgan fingerprint density at radius 2 is 1.94 bits per heavy atom. The van der Waals surface area contributed by atoms with Gasteiger partial charge in [0.2, 0.25) is 15.8 Å². The SMILES string of the molecule is C=CCn1c(C)cc(C(=O)COC(=O)/C=C/c2ccc(OC)c(S(=O)(=O)NC)c2)c1C. The number of rotatable bonds is 10. The highest BCUT2D eigenvalue weighted by atomic mass is 32.2. The number of carbonyl (C=O) groups is 2. The molecule has 0 aliphatic rings. The predicted octanol–water partition coefficient (Wildman–Crippen LogP) is 2.65. The van der Waals surface area contributed by atoms with Crippen LogP contribution >= 0.6 is 0 Å². The maximum Gasteiger partial charge on any atom is 0.331 e. The molecular formula is C22H26N2O6S. The summed E-state index contributed by atoms with van der Waals surface area (Å²) in [5.74, 6) is -0.854. The van der Waals surface area contributed by atoms with Gasteiger partial charge in [0, 0.05) is 29.6 Å². The summed E-state index contributed by atoms with van der Waals surface area (Å²) in [6.07, 6.45) is 4.27. The minimum Gasteiger partial charge on any atom is -0.495 e. The number of hydrogen-bond acceptors (Lipinski definition) is 6. The molecule has 2 rings (SSSR count). The fourth-order valence-corrected chi connectivity index (χ4v) is 3.96. The Bertz CT molecular complexity index is 1130. The molecule has 1 aromatic carbocycles. The maximum atomic E-state index is 12.4. The van der Waals surface area contributed by atoms with E-state index in [0.717, 1.165) is 17.5 Å². The lowest BCUT2D eigenvalue weighted by atomic mass is 10.1. The first-order chi connectivity index (χ1) is 14.6. The normalized spacial score (nSPS) is 11.5. The molecule has 0 amide bonds. The summed E-state index contributed by atoms with van der Waals surface area (Å²) in [5, 5.41) is 0. The minimum atomic E-state index is -3.74. The van der Waals surface area contributed by atoms with E-state index < -0.39 is 22.6 Å². The summed E-state index contributed by atoms with van der Waals surface area (Å²) in [7, 11) is -1.09. The molecule has 9 heteroatoms. The fraction of sp³-hybridized carbons (Fsp3) is 0.273. The van der Waals surface area contributed by atoms with E-state index in [9.17, 15) is 18.0 Å². The Balaban J connectivity index is 2.08. The lowest BCUT2D eigenvalue weighted by molar-refractivity contribution is -0.136. The number of hydrogen-bond donors (Lipinski definition) is 1. The molecule has 0 unspecified atom stereocenters. The molecule has 8 nitrogen and oxygen atoms in total. The van der Waals surface area contributed by atoms with E-state index in [1.165, 1.54) is 32.4 Å². The second kappa shape index (κ2) is 10.2. The number of nitrogens with zero attached hydrogens (tertiary/aromatic N) is 1. The second-order valence-electron chi connectivity index (χ2n) is 6.67. The number of sulfonamides is 1. The third kappa shape index (κ3) is 5.71. The van der Waals surface area contributed by atoms with E-state index in [1.54, 1.807) is 18.2 Å². The van der Waals surface area contributed by atoms with E-state index in [1.807, 2.05) is 18.4 Å². The van der Waals surface area contributed by atoms with Gasteiger partial charge in [0.05, 0.1) is 7.11 Å². The van der Waals surface area contributed by atoms with Gasteiger partial charge in [0.25, 0.3) is 0 Å². The highest BCUT2D eigenvalue weighted by Gasteiger charge is 2.18. The second-order valence-corrected chi connectivity index (χ2v) is 8.52. The lowest BCUT2D eigenvalue weighted by Gasteiger charge is -2.09.